The van der Waals surface area contributed by atoms with Crippen LogP contribution in [0, 0.1) is 12.8 Å². The fourth-order valence-corrected chi connectivity index (χ4v) is 3.34. The van der Waals surface area contributed by atoms with Crippen LogP contribution in [0.15, 0.2) is 42.5 Å². The van der Waals surface area contributed by atoms with Gasteiger partial charge in [-0.1, -0.05) is 30.3 Å². The number of rotatable bonds is 4. The summed E-state index contributed by atoms with van der Waals surface area (Å²) in [6, 6.07) is 14.1. The van der Waals surface area contributed by atoms with Crippen molar-refractivity contribution in [1.82, 2.24) is 9.88 Å². The van der Waals surface area contributed by atoms with E-state index < -0.39 is 0 Å². The van der Waals surface area contributed by atoms with Crippen molar-refractivity contribution < 1.29 is 5.11 Å². The van der Waals surface area contributed by atoms with Crippen LogP contribution in [0.2, 0.25) is 0 Å². The Hall–Kier alpha value is -1.62. The number of hydrogen-bond acceptors (Lipinski definition) is 4. The fourth-order valence-electron chi connectivity index (χ4n) is 3.34. The molecule has 3 N–H and O–H groups in total. The number of aromatic hydroxyl groups is 1. The summed E-state index contributed by atoms with van der Waals surface area (Å²) in [6.07, 6.45) is 0. The molecule has 0 aliphatic carbocycles. The lowest BCUT2D eigenvalue weighted by molar-refractivity contribution is 0.306. The lowest BCUT2D eigenvalue weighted by atomic mass is 9.89. The monoisotopic (exact) mass is 333 g/mol. The molecule has 0 radical (unpaired) electrons. The zero-order valence-corrected chi connectivity index (χ0v) is 14.2. The quantitative estimate of drug-likeness (QED) is 0.903. The summed E-state index contributed by atoms with van der Waals surface area (Å²) in [5, 5.41) is 9.99. The van der Waals surface area contributed by atoms with Gasteiger partial charge >= 0.3 is 0 Å². The Labute approximate surface area is 143 Å². The second-order valence-electron chi connectivity index (χ2n) is 6.13. The molecule has 2 atom stereocenters. The Morgan fingerprint density at radius 1 is 1.17 bits per heavy atom. The summed E-state index contributed by atoms with van der Waals surface area (Å²) in [5.41, 5.74) is 9.01. The maximum absolute atomic E-state index is 9.99. The lowest BCUT2D eigenvalue weighted by Crippen LogP contribution is -2.23. The maximum atomic E-state index is 9.99. The highest BCUT2D eigenvalue weighted by Crippen LogP contribution is 2.33. The first-order valence-electron chi connectivity index (χ1n) is 7.80. The smallest absolute Gasteiger partial charge is 0.138 e. The molecular formula is C18H24ClN3O. The van der Waals surface area contributed by atoms with E-state index in [0.29, 0.717) is 24.9 Å². The van der Waals surface area contributed by atoms with Gasteiger partial charge in [-0.15, -0.1) is 12.4 Å². The maximum Gasteiger partial charge on any atom is 0.138 e. The highest BCUT2D eigenvalue weighted by Gasteiger charge is 2.33. The first kappa shape index (κ1) is 17.7. The summed E-state index contributed by atoms with van der Waals surface area (Å²) in [7, 11) is 0. The van der Waals surface area contributed by atoms with Crippen LogP contribution in [0.3, 0.4) is 0 Å². The second kappa shape index (κ2) is 7.77. The Bertz CT molecular complexity index is 635. The number of benzene rings is 1. The molecule has 3 rings (SSSR count). The molecular weight excluding hydrogens is 310 g/mol. The number of aryl methyl sites for hydroxylation is 1. The molecule has 0 bridgehead atoms. The van der Waals surface area contributed by atoms with Crippen LogP contribution in [0.1, 0.15) is 22.9 Å². The predicted octanol–water partition coefficient (Wildman–Crippen LogP) is 2.69. The van der Waals surface area contributed by atoms with Crippen LogP contribution in [-0.2, 0) is 6.54 Å². The zero-order chi connectivity index (χ0) is 15.5. The number of likely N-dealkylation sites (tertiary alicyclic amines) is 1. The molecule has 124 valence electrons. The first-order chi connectivity index (χ1) is 10.7. The average molecular weight is 334 g/mol. The van der Waals surface area contributed by atoms with E-state index in [0.717, 1.165) is 24.5 Å². The van der Waals surface area contributed by atoms with Gasteiger partial charge in [-0.05, 0) is 37.1 Å². The van der Waals surface area contributed by atoms with Crippen molar-refractivity contribution in [2.75, 3.05) is 19.6 Å². The Balaban J connectivity index is 0.00000192. The molecule has 1 fully saturated rings. The molecule has 5 heteroatoms. The fraction of sp³-hybridized carbons (Fsp3) is 0.389. The Kier molecular flexibility index (Phi) is 5.99. The van der Waals surface area contributed by atoms with Gasteiger partial charge < -0.3 is 10.8 Å². The van der Waals surface area contributed by atoms with Gasteiger partial charge in [-0.2, -0.15) is 0 Å². The van der Waals surface area contributed by atoms with E-state index in [9.17, 15) is 5.11 Å². The van der Waals surface area contributed by atoms with Crippen LogP contribution >= 0.6 is 12.4 Å². The summed E-state index contributed by atoms with van der Waals surface area (Å²) in [5.74, 6) is 1.19. The predicted molar refractivity (Wildman–Crippen MR) is 94.9 cm³/mol. The van der Waals surface area contributed by atoms with Crippen molar-refractivity contribution in [1.29, 1.82) is 0 Å². The summed E-state index contributed by atoms with van der Waals surface area (Å²) in [4.78, 5) is 6.81. The van der Waals surface area contributed by atoms with E-state index in [1.54, 1.807) is 6.07 Å². The van der Waals surface area contributed by atoms with Crippen LogP contribution in [0.5, 0.6) is 5.75 Å². The molecule has 1 aliphatic rings. The highest BCUT2D eigenvalue weighted by atomic mass is 35.5. The number of halogens is 1. The van der Waals surface area contributed by atoms with E-state index in [1.165, 1.54) is 5.56 Å². The number of nitrogens with two attached hydrogens (primary N) is 1. The van der Waals surface area contributed by atoms with Crippen molar-refractivity contribution >= 4 is 12.4 Å². The van der Waals surface area contributed by atoms with Gasteiger partial charge in [0, 0.05) is 31.2 Å². The van der Waals surface area contributed by atoms with Gasteiger partial charge in [-0.25, -0.2) is 0 Å². The van der Waals surface area contributed by atoms with Gasteiger partial charge in [0.25, 0.3) is 0 Å². The van der Waals surface area contributed by atoms with Crippen LogP contribution in [-0.4, -0.2) is 34.6 Å². The van der Waals surface area contributed by atoms with E-state index in [-0.39, 0.29) is 18.2 Å². The van der Waals surface area contributed by atoms with Crippen LogP contribution in [0.25, 0.3) is 0 Å². The van der Waals surface area contributed by atoms with Gasteiger partial charge in [0.05, 0.1) is 5.69 Å². The van der Waals surface area contributed by atoms with E-state index in [2.05, 4.69) is 34.1 Å². The molecule has 1 aliphatic heterocycles. The number of hydrogen-bond donors (Lipinski definition) is 2. The van der Waals surface area contributed by atoms with Gasteiger partial charge in [0.2, 0.25) is 0 Å². The minimum absolute atomic E-state index is 0. The van der Waals surface area contributed by atoms with E-state index in [1.807, 2.05) is 19.1 Å². The SMILES string of the molecule is Cc1ccc(O)c(CN2C[C@@H](CN)[C@H](c3ccccc3)C2)n1.Cl. The van der Waals surface area contributed by atoms with Gasteiger partial charge in [0.1, 0.15) is 5.75 Å². The zero-order valence-electron chi connectivity index (χ0n) is 13.4. The minimum atomic E-state index is 0. The summed E-state index contributed by atoms with van der Waals surface area (Å²) < 4.78 is 0. The molecule has 1 aromatic heterocycles. The topological polar surface area (TPSA) is 62.4 Å². The van der Waals surface area contributed by atoms with E-state index in [4.69, 9.17) is 5.73 Å². The third kappa shape index (κ3) is 4.02. The number of pyridine rings is 1. The molecule has 0 spiro atoms. The largest absolute Gasteiger partial charge is 0.506 e. The highest BCUT2D eigenvalue weighted by molar-refractivity contribution is 5.85. The molecule has 1 saturated heterocycles. The molecule has 1 aromatic carbocycles. The lowest BCUT2D eigenvalue weighted by Gasteiger charge is -2.17. The third-order valence-electron chi connectivity index (χ3n) is 4.51. The van der Waals surface area contributed by atoms with Crippen molar-refractivity contribution in [2.45, 2.75) is 19.4 Å². The first-order valence-corrected chi connectivity index (χ1v) is 7.80. The number of nitrogens with zero attached hydrogens (tertiary/aromatic N) is 2. The molecule has 4 nitrogen and oxygen atoms in total. The van der Waals surface area contributed by atoms with Crippen molar-refractivity contribution in [3.8, 4) is 5.75 Å². The average Bonchev–Trinajstić information content (AvgIpc) is 2.95. The Morgan fingerprint density at radius 2 is 1.91 bits per heavy atom. The number of aromatic nitrogens is 1. The summed E-state index contributed by atoms with van der Waals surface area (Å²) in [6.45, 7) is 5.21. The summed E-state index contributed by atoms with van der Waals surface area (Å²) >= 11 is 0. The van der Waals surface area contributed by atoms with Crippen LogP contribution in [0.4, 0.5) is 0 Å². The third-order valence-corrected chi connectivity index (χ3v) is 4.51. The van der Waals surface area contributed by atoms with Crippen LogP contribution < -0.4 is 5.73 Å². The molecule has 0 unspecified atom stereocenters. The Morgan fingerprint density at radius 3 is 2.61 bits per heavy atom. The second-order valence-corrected chi connectivity index (χ2v) is 6.13. The van der Waals surface area contributed by atoms with Crippen molar-refractivity contribution in [3.05, 3.63) is 59.4 Å². The molecule has 2 heterocycles. The molecule has 0 amide bonds. The van der Waals surface area contributed by atoms with Gasteiger partial charge in [-0.3, -0.25) is 9.88 Å². The molecule has 23 heavy (non-hydrogen) atoms. The molecule has 2 aromatic rings. The van der Waals surface area contributed by atoms with Crippen molar-refractivity contribution in [3.63, 3.8) is 0 Å². The molecule has 0 saturated carbocycles. The van der Waals surface area contributed by atoms with Crippen molar-refractivity contribution in [2.24, 2.45) is 11.7 Å². The van der Waals surface area contributed by atoms with E-state index >= 15 is 0 Å². The normalized spacial score (nSPS) is 21.1. The van der Waals surface area contributed by atoms with Gasteiger partial charge in [0.15, 0.2) is 0 Å². The minimum Gasteiger partial charge on any atom is -0.506 e. The standard InChI is InChI=1S/C18H23N3O.ClH/c1-13-7-8-18(22)17(20-13)12-21-10-15(9-19)16(11-21)14-5-3-2-4-6-14;/h2-8,15-16,22H,9-12,19H2,1H3;1H/t15-,16+;/m1./s1.